The maximum Gasteiger partial charge on any atom is 0.0477 e. The molecule has 0 radical (unpaired) electrons. The number of alkyl halides is 2. The Labute approximate surface area is 82.8 Å². The molecule has 0 amide bonds. The van der Waals surface area contributed by atoms with Gasteiger partial charge in [0.2, 0.25) is 0 Å². The normalized spacial score (nSPS) is 9.83. The highest BCUT2D eigenvalue weighted by Crippen LogP contribution is 2.16. The first-order valence-corrected chi connectivity index (χ1v) is 4.75. The molecule has 2 heteroatoms. The summed E-state index contributed by atoms with van der Waals surface area (Å²) in [7, 11) is 0. The lowest BCUT2D eigenvalue weighted by Crippen LogP contribution is -1.88. The quantitative estimate of drug-likeness (QED) is 0.652. The van der Waals surface area contributed by atoms with Crippen molar-refractivity contribution in [3.05, 3.63) is 41.5 Å². The molecule has 0 atom stereocenters. The first-order chi connectivity index (χ1) is 5.81. The summed E-state index contributed by atoms with van der Waals surface area (Å²) in [5.74, 6) is 1.02. The average molecular weight is 201 g/mol. The van der Waals surface area contributed by atoms with Crippen molar-refractivity contribution in [3.63, 3.8) is 0 Å². The van der Waals surface area contributed by atoms with Crippen molar-refractivity contribution in [2.45, 2.75) is 11.8 Å². The fourth-order valence-corrected chi connectivity index (χ4v) is 1.54. The van der Waals surface area contributed by atoms with Gasteiger partial charge in [0.1, 0.15) is 0 Å². The zero-order valence-electron chi connectivity index (χ0n) is 6.69. The van der Waals surface area contributed by atoms with E-state index in [9.17, 15) is 0 Å². The molecule has 12 heavy (non-hydrogen) atoms. The third kappa shape index (κ3) is 2.02. The maximum atomic E-state index is 5.75. The van der Waals surface area contributed by atoms with Crippen LogP contribution in [0, 0.1) is 0 Å². The van der Waals surface area contributed by atoms with Crippen molar-refractivity contribution in [1.82, 2.24) is 0 Å². The first-order valence-electron chi connectivity index (χ1n) is 3.68. The van der Waals surface area contributed by atoms with E-state index in [2.05, 4.69) is 6.58 Å². The monoisotopic (exact) mass is 200 g/mol. The van der Waals surface area contributed by atoms with Gasteiger partial charge < -0.3 is 0 Å². The molecule has 1 aromatic carbocycles. The molecule has 1 aromatic rings. The molecule has 0 spiro atoms. The van der Waals surface area contributed by atoms with E-state index in [4.69, 9.17) is 23.2 Å². The molecule has 0 bridgehead atoms. The highest BCUT2D eigenvalue weighted by atomic mass is 35.5. The standard InChI is InChI=1S/C10H10Cl2/c1-2-8-3-4-9(6-11)10(5-8)7-12/h2-5H,1,6-7H2. The molecule has 0 aliphatic carbocycles. The number of rotatable bonds is 3. The fraction of sp³-hybridized carbons (Fsp3) is 0.200. The third-order valence-electron chi connectivity index (χ3n) is 1.75. The van der Waals surface area contributed by atoms with Gasteiger partial charge in [-0.05, 0) is 16.7 Å². The van der Waals surface area contributed by atoms with Crippen LogP contribution in [0.1, 0.15) is 16.7 Å². The van der Waals surface area contributed by atoms with E-state index < -0.39 is 0 Å². The van der Waals surface area contributed by atoms with Crippen LogP contribution in [0.5, 0.6) is 0 Å². The maximum absolute atomic E-state index is 5.75. The molecule has 0 heterocycles. The molecule has 0 aliphatic heterocycles. The van der Waals surface area contributed by atoms with Gasteiger partial charge in [-0.3, -0.25) is 0 Å². The Bertz CT molecular complexity index is 279. The summed E-state index contributed by atoms with van der Waals surface area (Å²) in [6.45, 7) is 3.69. The predicted octanol–water partition coefficient (Wildman–Crippen LogP) is 3.81. The van der Waals surface area contributed by atoms with Crippen LogP contribution < -0.4 is 0 Å². The molecule has 64 valence electrons. The lowest BCUT2D eigenvalue weighted by atomic mass is 10.1. The zero-order chi connectivity index (χ0) is 8.97. The van der Waals surface area contributed by atoms with Crippen LogP contribution >= 0.6 is 23.2 Å². The van der Waals surface area contributed by atoms with Gasteiger partial charge in [-0.15, -0.1) is 23.2 Å². The summed E-state index contributed by atoms with van der Waals surface area (Å²) >= 11 is 11.5. The van der Waals surface area contributed by atoms with Crippen molar-refractivity contribution in [1.29, 1.82) is 0 Å². The Hall–Kier alpha value is -0.460. The number of hydrogen-bond acceptors (Lipinski definition) is 0. The van der Waals surface area contributed by atoms with E-state index in [0.29, 0.717) is 11.8 Å². The van der Waals surface area contributed by atoms with Gasteiger partial charge in [0.05, 0.1) is 0 Å². The van der Waals surface area contributed by atoms with Crippen LogP contribution in [0.25, 0.3) is 6.08 Å². The van der Waals surface area contributed by atoms with Gasteiger partial charge in [0, 0.05) is 11.8 Å². The van der Waals surface area contributed by atoms with Crippen molar-refractivity contribution in [3.8, 4) is 0 Å². The lowest BCUT2D eigenvalue weighted by Gasteiger charge is -2.04. The highest BCUT2D eigenvalue weighted by molar-refractivity contribution is 6.18. The molecule has 1 rings (SSSR count). The third-order valence-corrected chi connectivity index (χ3v) is 2.33. The predicted molar refractivity (Wildman–Crippen MR) is 55.6 cm³/mol. The van der Waals surface area contributed by atoms with Crippen LogP contribution in [-0.4, -0.2) is 0 Å². The topological polar surface area (TPSA) is 0 Å². The van der Waals surface area contributed by atoms with Gasteiger partial charge in [0.15, 0.2) is 0 Å². The molecular formula is C10H10Cl2. The number of benzene rings is 1. The Kier molecular flexibility index (Phi) is 3.64. The smallest absolute Gasteiger partial charge is 0.0477 e. The summed E-state index contributed by atoms with van der Waals surface area (Å²) in [6, 6.07) is 5.99. The molecule has 0 unspecified atom stereocenters. The van der Waals surface area contributed by atoms with Crippen molar-refractivity contribution in [2.24, 2.45) is 0 Å². The second-order valence-electron chi connectivity index (χ2n) is 2.50. The molecule has 0 N–H and O–H groups in total. The fourth-order valence-electron chi connectivity index (χ4n) is 1.03. The van der Waals surface area contributed by atoms with Crippen molar-refractivity contribution >= 4 is 29.3 Å². The average Bonchev–Trinajstić information content (AvgIpc) is 2.16. The highest BCUT2D eigenvalue weighted by Gasteiger charge is 1.99. The van der Waals surface area contributed by atoms with Gasteiger partial charge in [-0.2, -0.15) is 0 Å². The summed E-state index contributed by atoms with van der Waals surface area (Å²) < 4.78 is 0. The Morgan fingerprint density at radius 1 is 1.17 bits per heavy atom. The zero-order valence-corrected chi connectivity index (χ0v) is 8.20. The molecule has 0 saturated heterocycles. The number of halogens is 2. The van der Waals surface area contributed by atoms with E-state index in [0.717, 1.165) is 16.7 Å². The summed E-state index contributed by atoms with van der Waals surface area (Å²) in [6.07, 6.45) is 1.80. The molecular weight excluding hydrogens is 191 g/mol. The minimum absolute atomic E-state index is 0.504. The first kappa shape index (κ1) is 9.63. The van der Waals surface area contributed by atoms with Crippen LogP contribution in [0.4, 0.5) is 0 Å². The molecule has 0 fully saturated rings. The van der Waals surface area contributed by atoms with Crippen molar-refractivity contribution in [2.75, 3.05) is 0 Å². The summed E-state index contributed by atoms with van der Waals surface area (Å²) in [5, 5.41) is 0. The van der Waals surface area contributed by atoms with Gasteiger partial charge >= 0.3 is 0 Å². The van der Waals surface area contributed by atoms with E-state index in [1.54, 1.807) is 6.08 Å². The van der Waals surface area contributed by atoms with Crippen LogP contribution in [0.15, 0.2) is 24.8 Å². The van der Waals surface area contributed by atoms with Crippen LogP contribution in [0.3, 0.4) is 0 Å². The van der Waals surface area contributed by atoms with E-state index in [1.165, 1.54) is 0 Å². The minimum atomic E-state index is 0.504. The van der Waals surface area contributed by atoms with Crippen molar-refractivity contribution < 1.29 is 0 Å². The summed E-state index contributed by atoms with van der Waals surface area (Å²) in [5.41, 5.74) is 3.26. The largest absolute Gasteiger partial charge is 0.122 e. The SMILES string of the molecule is C=Cc1ccc(CCl)c(CCl)c1. The minimum Gasteiger partial charge on any atom is -0.122 e. The number of hydrogen-bond donors (Lipinski definition) is 0. The van der Waals surface area contributed by atoms with Gasteiger partial charge in [0.25, 0.3) is 0 Å². The van der Waals surface area contributed by atoms with E-state index >= 15 is 0 Å². The van der Waals surface area contributed by atoms with E-state index in [-0.39, 0.29) is 0 Å². The second kappa shape index (κ2) is 4.54. The molecule has 0 aromatic heterocycles. The summed E-state index contributed by atoms with van der Waals surface area (Å²) in [4.78, 5) is 0. The van der Waals surface area contributed by atoms with Gasteiger partial charge in [-0.1, -0.05) is 30.9 Å². The lowest BCUT2D eigenvalue weighted by molar-refractivity contribution is 1.26. The Morgan fingerprint density at radius 3 is 2.33 bits per heavy atom. The molecule has 0 aliphatic rings. The van der Waals surface area contributed by atoms with Gasteiger partial charge in [-0.25, -0.2) is 0 Å². The Balaban J connectivity index is 3.10. The molecule has 0 nitrogen and oxygen atoms in total. The molecule has 0 saturated carbocycles. The van der Waals surface area contributed by atoms with Crippen LogP contribution in [-0.2, 0) is 11.8 Å². The second-order valence-corrected chi connectivity index (χ2v) is 3.03. The Morgan fingerprint density at radius 2 is 1.83 bits per heavy atom. The van der Waals surface area contributed by atoms with Crippen LogP contribution in [0.2, 0.25) is 0 Å². The van der Waals surface area contributed by atoms with E-state index in [1.807, 2.05) is 18.2 Å².